The van der Waals surface area contributed by atoms with Crippen LogP contribution in [-0.4, -0.2) is 62.8 Å². The van der Waals surface area contributed by atoms with Gasteiger partial charge in [-0.2, -0.15) is 0 Å². The smallest absolute Gasteiger partial charge is 0.251 e. The molecule has 1 atom stereocenters. The molecule has 2 aliphatic rings. The monoisotopic (exact) mass is 491 g/mol. The van der Waals surface area contributed by atoms with E-state index in [1.165, 1.54) is 12.4 Å². The van der Waals surface area contributed by atoms with Crippen molar-refractivity contribution in [1.29, 1.82) is 5.41 Å². The van der Waals surface area contributed by atoms with E-state index in [9.17, 15) is 9.59 Å². The normalized spacial score (nSPS) is 17.1. The van der Waals surface area contributed by atoms with E-state index in [0.717, 1.165) is 24.0 Å². The molecule has 1 saturated carbocycles. The predicted octanol–water partition coefficient (Wildman–Crippen LogP) is 2.66. The number of anilines is 1. The van der Waals surface area contributed by atoms with E-state index >= 15 is 0 Å². The summed E-state index contributed by atoms with van der Waals surface area (Å²) < 4.78 is 11.8. The van der Waals surface area contributed by atoms with Crippen molar-refractivity contribution in [3.8, 4) is 11.5 Å². The fourth-order valence-electron chi connectivity index (χ4n) is 3.93. The molecule has 1 aliphatic carbocycles. The van der Waals surface area contributed by atoms with E-state index in [0.29, 0.717) is 47.9 Å². The quantitative estimate of drug-likeness (QED) is 0.378. The zero-order chi connectivity index (χ0) is 25.7. The highest BCUT2D eigenvalue weighted by molar-refractivity contribution is 6.08. The molecule has 0 spiro atoms. The van der Waals surface area contributed by atoms with Crippen LogP contribution < -0.4 is 25.8 Å². The summed E-state index contributed by atoms with van der Waals surface area (Å²) >= 11 is 0. The van der Waals surface area contributed by atoms with E-state index in [1.807, 2.05) is 25.1 Å². The van der Waals surface area contributed by atoms with Crippen LogP contribution in [0.15, 0.2) is 42.6 Å². The average molecular weight is 492 g/mol. The maximum atomic E-state index is 13.2. The molecule has 9 heteroatoms. The molecule has 0 aromatic heterocycles. The van der Waals surface area contributed by atoms with Crippen LogP contribution in [0.2, 0.25) is 0 Å². The first-order valence-corrected chi connectivity index (χ1v) is 12.1. The number of hydrogen-bond acceptors (Lipinski definition) is 7. The van der Waals surface area contributed by atoms with Crippen LogP contribution in [0.1, 0.15) is 34.3 Å². The highest BCUT2D eigenvalue weighted by Gasteiger charge is 2.29. The third-order valence-corrected chi connectivity index (χ3v) is 6.22. The number of nitrogens with one attached hydrogen (secondary N) is 3. The molecule has 9 nitrogen and oxygen atoms in total. The van der Waals surface area contributed by atoms with Crippen molar-refractivity contribution in [2.45, 2.75) is 25.3 Å². The molecule has 2 aromatic carbocycles. The van der Waals surface area contributed by atoms with Crippen molar-refractivity contribution < 1.29 is 19.1 Å². The molecule has 1 fully saturated rings. The minimum Gasteiger partial charge on any atom is -0.492 e. The molecule has 1 unspecified atom stereocenters. The Labute approximate surface area is 211 Å². The van der Waals surface area contributed by atoms with Crippen molar-refractivity contribution in [2.75, 3.05) is 39.2 Å². The molecule has 36 heavy (non-hydrogen) atoms. The summed E-state index contributed by atoms with van der Waals surface area (Å²) in [6.07, 6.45) is 5.05. The Kier molecular flexibility index (Phi) is 7.90. The number of ether oxygens (including phenoxy) is 2. The molecule has 2 aromatic rings. The number of carbonyl (C=O) groups excluding carboxylic acids is 2. The largest absolute Gasteiger partial charge is 0.492 e. The summed E-state index contributed by atoms with van der Waals surface area (Å²) in [7, 11) is 3.91. The van der Waals surface area contributed by atoms with E-state index < -0.39 is 5.92 Å². The molecular weight excluding hydrogens is 458 g/mol. The predicted molar refractivity (Wildman–Crippen MR) is 140 cm³/mol. The molecule has 4 rings (SSSR count). The number of rotatable bonds is 10. The van der Waals surface area contributed by atoms with Crippen molar-refractivity contribution in [1.82, 2.24) is 10.2 Å². The number of hydrogen-bond donors (Lipinski definition) is 4. The molecule has 1 heterocycles. The van der Waals surface area contributed by atoms with Gasteiger partial charge in [0.05, 0.1) is 11.6 Å². The Hall–Kier alpha value is -3.85. The van der Waals surface area contributed by atoms with Crippen LogP contribution in [0.4, 0.5) is 5.69 Å². The second kappa shape index (κ2) is 11.3. The number of carbonyl (C=O) groups is 2. The average Bonchev–Trinajstić information content (AvgIpc) is 3.69. The Morgan fingerprint density at radius 3 is 2.67 bits per heavy atom. The number of fused-ring (bicyclic) bond motifs is 1. The van der Waals surface area contributed by atoms with Crippen molar-refractivity contribution in [3.63, 3.8) is 0 Å². The van der Waals surface area contributed by atoms with Gasteiger partial charge in [-0.3, -0.25) is 9.59 Å². The van der Waals surface area contributed by atoms with Gasteiger partial charge < -0.3 is 36.2 Å². The summed E-state index contributed by atoms with van der Waals surface area (Å²) in [4.78, 5) is 27.7. The van der Waals surface area contributed by atoms with Gasteiger partial charge in [0, 0.05) is 36.1 Å². The van der Waals surface area contributed by atoms with Crippen LogP contribution in [0.25, 0.3) is 5.57 Å². The summed E-state index contributed by atoms with van der Waals surface area (Å²) in [5.74, 6) is 0.490. The van der Waals surface area contributed by atoms with Gasteiger partial charge in [-0.25, -0.2) is 0 Å². The lowest BCUT2D eigenvalue weighted by Crippen LogP contribution is -2.33. The van der Waals surface area contributed by atoms with Gasteiger partial charge in [-0.1, -0.05) is 6.07 Å². The highest BCUT2D eigenvalue weighted by Crippen LogP contribution is 2.32. The number of allylic oxidation sites excluding steroid dienone is 1. The lowest BCUT2D eigenvalue weighted by molar-refractivity contribution is -0.121. The van der Waals surface area contributed by atoms with Gasteiger partial charge in [0.25, 0.3) is 5.91 Å². The summed E-state index contributed by atoms with van der Waals surface area (Å²) in [6.45, 7) is 1.37. The molecule has 0 bridgehead atoms. The Morgan fingerprint density at radius 1 is 1.19 bits per heavy atom. The fraction of sp³-hybridized carbons (Fsp3) is 0.370. The van der Waals surface area contributed by atoms with Crippen LogP contribution in [0.5, 0.6) is 11.5 Å². The van der Waals surface area contributed by atoms with Gasteiger partial charge in [0.15, 0.2) is 0 Å². The number of benzene rings is 2. The Morgan fingerprint density at radius 2 is 1.97 bits per heavy atom. The standard InChI is InChI=1S/C27H33N5O4/c1-32(2)9-10-35-25-13-17(21(14-28)15-29)3-7-23(25)31-27(34)20-12-19-11-18(4-8-24(19)36-16-20)26(33)30-22-5-6-22/h3-4,7-8,11,13-15,20,22,28H,5-6,9-10,12,16,29H2,1-2H3,(H,30,33)(H,31,34)/b21-15+,28-14?. The third kappa shape index (κ3) is 6.23. The lowest BCUT2D eigenvalue weighted by atomic mass is 9.94. The van der Waals surface area contributed by atoms with Gasteiger partial charge >= 0.3 is 0 Å². The number of amides is 2. The number of nitrogens with zero attached hydrogens (tertiary/aromatic N) is 1. The fourth-order valence-corrected chi connectivity index (χ4v) is 3.93. The maximum absolute atomic E-state index is 13.2. The van der Waals surface area contributed by atoms with E-state index in [4.69, 9.17) is 20.6 Å². The second-order valence-corrected chi connectivity index (χ2v) is 9.40. The molecular formula is C27H33N5O4. The van der Waals surface area contributed by atoms with Crippen molar-refractivity contribution in [2.24, 2.45) is 11.7 Å². The summed E-state index contributed by atoms with van der Waals surface area (Å²) in [5, 5.41) is 13.5. The first kappa shape index (κ1) is 25.2. The van der Waals surface area contributed by atoms with Gasteiger partial charge in [0.1, 0.15) is 24.7 Å². The van der Waals surface area contributed by atoms with Gasteiger partial charge in [-0.05, 0) is 74.8 Å². The lowest BCUT2D eigenvalue weighted by Gasteiger charge is -2.25. The molecule has 2 amide bonds. The number of nitrogens with two attached hydrogens (primary N) is 1. The van der Waals surface area contributed by atoms with Crippen molar-refractivity contribution >= 4 is 29.3 Å². The molecule has 190 valence electrons. The minimum absolute atomic E-state index is 0.0951. The molecule has 1 aliphatic heterocycles. The summed E-state index contributed by atoms with van der Waals surface area (Å²) in [5.41, 5.74) is 8.86. The zero-order valence-electron chi connectivity index (χ0n) is 20.7. The van der Waals surface area contributed by atoms with Gasteiger partial charge in [0.2, 0.25) is 5.91 Å². The number of likely N-dealkylation sites (N-methyl/N-ethyl adjacent to an activating group) is 1. The summed E-state index contributed by atoms with van der Waals surface area (Å²) in [6, 6.07) is 11.0. The zero-order valence-corrected chi connectivity index (χ0v) is 20.7. The molecule has 5 N–H and O–H groups in total. The van der Waals surface area contributed by atoms with Crippen LogP contribution in [-0.2, 0) is 11.2 Å². The highest BCUT2D eigenvalue weighted by atomic mass is 16.5. The Bertz CT molecular complexity index is 1170. The first-order valence-electron chi connectivity index (χ1n) is 12.1. The SMILES string of the molecule is CN(C)CCOc1cc(/C(C=N)=C/N)ccc1NC(=O)C1COc2ccc(C(=O)NC3CC3)cc2C1. The minimum atomic E-state index is -0.422. The van der Waals surface area contributed by atoms with Crippen LogP contribution in [0, 0.1) is 11.3 Å². The topological polar surface area (TPSA) is 130 Å². The van der Waals surface area contributed by atoms with Gasteiger partial charge in [-0.15, -0.1) is 0 Å². The molecule has 0 radical (unpaired) electrons. The Balaban J connectivity index is 1.48. The third-order valence-electron chi connectivity index (χ3n) is 6.22. The maximum Gasteiger partial charge on any atom is 0.251 e. The first-order chi connectivity index (χ1) is 17.4. The van der Waals surface area contributed by atoms with E-state index in [2.05, 4.69) is 10.6 Å². The van der Waals surface area contributed by atoms with E-state index in [-0.39, 0.29) is 24.5 Å². The van der Waals surface area contributed by atoms with Crippen LogP contribution >= 0.6 is 0 Å². The molecule has 0 saturated heterocycles. The second-order valence-electron chi connectivity index (χ2n) is 9.40. The van der Waals surface area contributed by atoms with Crippen molar-refractivity contribution in [3.05, 3.63) is 59.3 Å². The van der Waals surface area contributed by atoms with Crippen LogP contribution in [0.3, 0.4) is 0 Å². The van der Waals surface area contributed by atoms with E-state index in [1.54, 1.807) is 30.3 Å².